The first kappa shape index (κ1) is 12.5. The molecule has 0 saturated heterocycles. The fourth-order valence-electron chi connectivity index (χ4n) is 1.57. The summed E-state index contributed by atoms with van der Waals surface area (Å²) < 4.78 is 6.49. The van der Waals surface area contributed by atoms with Crippen LogP contribution in [0.3, 0.4) is 0 Å². The van der Waals surface area contributed by atoms with Crippen molar-refractivity contribution in [3.8, 4) is 11.5 Å². The Balaban J connectivity index is 2.29. The molecule has 1 atom stereocenters. The number of hydrogen-bond acceptors (Lipinski definition) is 5. The molecule has 0 radical (unpaired) electrons. The minimum absolute atomic E-state index is 0.152. The molecule has 0 aliphatic carbocycles. The molecule has 0 spiro atoms. The maximum atomic E-state index is 11.5. The van der Waals surface area contributed by atoms with E-state index in [1.54, 1.807) is 19.3 Å². The van der Waals surface area contributed by atoms with Gasteiger partial charge in [-0.25, -0.2) is 0 Å². The Bertz CT molecular complexity index is 588. The molecule has 0 saturated carbocycles. The summed E-state index contributed by atoms with van der Waals surface area (Å²) in [7, 11) is 1.66. The lowest BCUT2D eigenvalue weighted by atomic mass is 10.2. The topological polar surface area (TPSA) is 81.2 Å². The van der Waals surface area contributed by atoms with E-state index in [0.717, 1.165) is 6.42 Å². The Morgan fingerprint density at radius 2 is 2.33 bits per heavy atom. The lowest BCUT2D eigenvalue weighted by molar-refractivity contribution is 0.153. The molecule has 0 aliphatic heterocycles. The van der Waals surface area contributed by atoms with E-state index >= 15 is 0 Å². The average molecular weight is 249 g/mol. The second-order valence-electron chi connectivity index (χ2n) is 4.13. The van der Waals surface area contributed by atoms with Gasteiger partial charge < -0.3 is 14.2 Å². The van der Waals surface area contributed by atoms with Crippen molar-refractivity contribution in [3.63, 3.8) is 0 Å². The maximum Gasteiger partial charge on any atom is 0.258 e. The predicted molar refractivity (Wildman–Crippen MR) is 64.8 cm³/mol. The third-order valence-corrected chi connectivity index (χ3v) is 2.65. The molecule has 0 amide bonds. The van der Waals surface area contributed by atoms with Crippen LogP contribution >= 0.6 is 0 Å². The van der Waals surface area contributed by atoms with Gasteiger partial charge in [0.15, 0.2) is 0 Å². The minimum Gasteiger partial charge on any atom is -0.385 e. The Kier molecular flexibility index (Phi) is 3.57. The first-order chi connectivity index (χ1) is 8.61. The van der Waals surface area contributed by atoms with Gasteiger partial charge in [0.05, 0.1) is 0 Å². The Hall–Kier alpha value is -1.95. The van der Waals surface area contributed by atoms with E-state index in [-0.39, 0.29) is 17.3 Å². The van der Waals surface area contributed by atoms with Gasteiger partial charge in [0.2, 0.25) is 5.82 Å². The molecule has 18 heavy (non-hydrogen) atoms. The summed E-state index contributed by atoms with van der Waals surface area (Å²) in [4.78, 5) is 15.6. The first-order valence-corrected chi connectivity index (χ1v) is 5.80. The van der Waals surface area contributed by atoms with Gasteiger partial charge in [0, 0.05) is 24.9 Å². The zero-order valence-electron chi connectivity index (χ0n) is 10.3. The Labute approximate surface area is 104 Å². The predicted octanol–water partition coefficient (Wildman–Crippen LogP) is 1.27. The molecular formula is C12H15N3O3. The van der Waals surface area contributed by atoms with E-state index in [0.29, 0.717) is 12.0 Å². The molecule has 1 unspecified atom stereocenters. The molecule has 0 fully saturated rings. The van der Waals surface area contributed by atoms with E-state index in [4.69, 9.17) is 4.52 Å². The molecule has 2 heterocycles. The van der Waals surface area contributed by atoms with Gasteiger partial charge in [-0.3, -0.25) is 4.79 Å². The van der Waals surface area contributed by atoms with Crippen LogP contribution in [0, 0.1) is 0 Å². The van der Waals surface area contributed by atoms with Gasteiger partial charge in [-0.05, 0) is 12.5 Å². The van der Waals surface area contributed by atoms with Crippen LogP contribution in [0.2, 0.25) is 0 Å². The number of rotatable bonds is 4. The highest BCUT2D eigenvalue weighted by Crippen LogP contribution is 2.20. The lowest BCUT2D eigenvalue weighted by Gasteiger charge is -2.01. The molecule has 96 valence electrons. The van der Waals surface area contributed by atoms with Gasteiger partial charge >= 0.3 is 0 Å². The molecule has 6 heteroatoms. The number of aryl methyl sites for hydroxylation is 1. The SMILES string of the molecule is CCCC(O)c1noc(-c2ccn(C)c(=O)c2)n1. The van der Waals surface area contributed by atoms with E-state index in [1.165, 1.54) is 10.6 Å². The van der Waals surface area contributed by atoms with Crippen molar-refractivity contribution in [2.45, 2.75) is 25.9 Å². The van der Waals surface area contributed by atoms with Crippen LogP contribution in [0.15, 0.2) is 27.6 Å². The molecule has 2 rings (SSSR count). The second kappa shape index (κ2) is 5.14. The maximum absolute atomic E-state index is 11.5. The smallest absolute Gasteiger partial charge is 0.258 e. The molecular weight excluding hydrogens is 234 g/mol. The molecule has 2 aromatic heterocycles. The summed E-state index contributed by atoms with van der Waals surface area (Å²) in [5, 5.41) is 13.4. The van der Waals surface area contributed by atoms with Gasteiger partial charge in [-0.1, -0.05) is 18.5 Å². The number of aliphatic hydroxyl groups excluding tert-OH is 1. The summed E-state index contributed by atoms with van der Waals surface area (Å²) in [6, 6.07) is 3.13. The van der Waals surface area contributed by atoms with Crippen molar-refractivity contribution in [1.82, 2.24) is 14.7 Å². The van der Waals surface area contributed by atoms with Crippen molar-refractivity contribution >= 4 is 0 Å². The van der Waals surface area contributed by atoms with Crippen LogP contribution in [0.1, 0.15) is 31.7 Å². The quantitative estimate of drug-likeness (QED) is 0.882. The largest absolute Gasteiger partial charge is 0.385 e. The third kappa shape index (κ3) is 2.48. The van der Waals surface area contributed by atoms with Crippen LogP contribution in [0.5, 0.6) is 0 Å². The normalized spacial score (nSPS) is 12.6. The molecule has 0 aliphatic rings. The van der Waals surface area contributed by atoms with Crippen LogP contribution in [-0.4, -0.2) is 19.8 Å². The second-order valence-corrected chi connectivity index (χ2v) is 4.13. The van der Waals surface area contributed by atoms with Gasteiger partial charge in [0.1, 0.15) is 6.10 Å². The van der Waals surface area contributed by atoms with Gasteiger partial charge in [0.25, 0.3) is 11.4 Å². The minimum atomic E-state index is -0.723. The Morgan fingerprint density at radius 3 is 3.00 bits per heavy atom. The van der Waals surface area contributed by atoms with Crippen molar-refractivity contribution in [1.29, 1.82) is 0 Å². The number of aliphatic hydroxyl groups is 1. The first-order valence-electron chi connectivity index (χ1n) is 5.80. The highest BCUT2D eigenvalue weighted by atomic mass is 16.5. The van der Waals surface area contributed by atoms with Crippen LogP contribution < -0.4 is 5.56 Å². The van der Waals surface area contributed by atoms with Crippen molar-refractivity contribution in [2.75, 3.05) is 0 Å². The summed E-state index contributed by atoms with van der Waals surface area (Å²) in [6.45, 7) is 1.96. The van der Waals surface area contributed by atoms with E-state index in [2.05, 4.69) is 10.1 Å². The van der Waals surface area contributed by atoms with Crippen molar-refractivity contribution in [2.24, 2.45) is 7.05 Å². The van der Waals surface area contributed by atoms with E-state index in [1.807, 2.05) is 6.92 Å². The molecule has 2 aromatic rings. The van der Waals surface area contributed by atoms with Crippen LogP contribution in [0.4, 0.5) is 0 Å². The Morgan fingerprint density at radius 1 is 1.56 bits per heavy atom. The summed E-state index contributed by atoms with van der Waals surface area (Å²) in [5.74, 6) is 0.505. The molecule has 0 aromatic carbocycles. The summed E-state index contributed by atoms with van der Waals surface area (Å²) >= 11 is 0. The zero-order chi connectivity index (χ0) is 13.1. The number of aromatic nitrogens is 3. The molecule has 6 nitrogen and oxygen atoms in total. The zero-order valence-corrected chi connectivity index (χ0v) is 10.3. The number of hydrogen-bond donors (Lipinski definition) is 1. The fourth-order valence-corrected chi connectivity index (χ4v) is 1.57. The molecule has 1 N–H and O–H groups in total. The fraction of sp³-hybridized carbons (Fsp3) is 0.417. The monoisotopic (exact) mass is 249 g/mol. The highest BCUT2D eigenvalue weighted by molar-refractivity contribution is 5.51. The number of pyridine rings is 1. The molecule has 0 bridgehead atoms. The third-order valence-electron chi connectivity index (χ3n) is 2.65. The van der Waals surface area contributed by atoms with Crippen LogP contribution in [-0.2, 0) is 7.05 Å². The highest BCUT2D eigenvalue weighted by Gasteiger charge is 2.15. The number of nitrogens with zero attached hydrogens (tertiary/aromatic N) is 3. The lowest BCUT2D eigenvalue weighted by Crippen LogP contribution is -2.14. The van der Waals surface area contributed by atoms with E-state index < -0.39 is 6.10 Å². The average Bonchev–Trinajstić information content (AvgIpc) is 2.82. The summed E-state index contributed by atoms with van der Waals surface area (Å²) in [5.41, 5.74) is 0.405. The van der Waals surface area contributed by atoms with Gasteiger partial charge in [-0.15, -0.1) is 0 Å². The van der Waals surface area contributed by atoms with Crippen molar-refractivity contribution < 1.29 is 9.63 Å². The summed E-state index contributed by atoms with van der Waals surface area (Å²) in [6.07, 6.45) is 2.32. The van der Waals surface area contributed by atoms with Gasteiger partial charge in [-0.2, -0.15) is 4.98 Å². The van der Waals surface area contributed by atoms with E-state index in [9.17, 15) is 9.90 Å². The van der Waals surface area contributed by atoms with Crippen molar-refractivity contribution in [3.05, 3.63) is 34.5 Å². The standard InChI is InChI=1S/C12H15N3O3/c1-3-4-9(16)11-13-12(18-14-11)8-5-6-15(2)10(17)7-8/h5-7,9,16H,3-4H2,1-2H3. The van der Waals surface area contributed by atoms with Crippen LogP contribution in [0.25, 0.3) is 11.5 Å².